The van der Waals surface area contributed by atoms with Crippen LogP contribution in [0, 0.1) is 0 Å². The highest BCUT2D eigenvalue weighted by molar-refractivity contribution is 6.04. The SMILES string of the molecule is COC(=O)/C=C/O/N=C1\CC2(CCOCC2)Oc2cnccc21. The fraction of sp³-hybridized carbons (Fsp3) is 0.438. The summed E-state index contributed by atoms with van der Waals surface area (Å²) in [5.41, 5.74) is 1.29. The van der Waals surface area contributed by atoms with Crippen molar-refractivity contribution in [3.05, 3.63) is 36.4 Å². The maximum Gasteiger partial charge on any atom is 0.333 e. The normalized spacial score (nSPS) is 21.0. The Morgan fingerprint density at radius 2 is 2.26 bits per heavy atom. The number of fused-ring (bicyclic) bond motifs is 1. The summed E-state index contributed by atoms with van der Waals surface area (Å²) < 4.78 is 16.1. The first-order valence-corrected chi connectivity index (χ1v) is 7.41. The number of rotatable bonds is 3. The van der Waals surface area contributed by atoms with Crippen molar-refractivity contribution in [2.45, 2.75) is 24.9 Å². The fourth-order valence-electron chi connectivity index (χ4n) is 2.72. The molecule has 0 amide bonds. The van der Waals surface area contributed by atoms with E-state index in [2.05, 4.69) is 14.9 Å². The number of aromatic nitrogens is 1. The van der Waals surface area contributed by atoms with Crippen LogP contribution in [0.25, 0.3) is 0 Å². The second kappa shape index (κ2) is 6.78. The summed E-state index contributed by atoms with van der Waals surface area (Å²) in [6.07, 6.45) is 7.94. The van der Waals surface area contributed by atoms with Gasteiger partial charge in [0.25, 0.3) is 0 Å². The molecule has 7 nitrogen and oxygen atoms in total. The molecule has 0 N–H and O–H groups in total. The molecular formula is C16H18N2O5. The summed E-state index contributed by atoms with van der Waals surface area (Å²) >= 11 is 0. The standard InChI is InChI=1S/C16H18N2O5/c1-20-15(19)3-7-22-18-13-10-16(4-8-21-9-5-16)23-14-11-17-6-2-12(13)14/h2-3,6-7,11H,4-5,8-10H2,1H3/b7-3+,18-13+. The summed E-state index contributed by atoms with van der Waals surface area (Å²) in [7, 11) is 1.30. The quantitative estimate of drug-likeness (QED) is 0.366. The van der Waals surface area contributed by atoms with Gasteiger partial charge in [-0.3, -0.25) is 4.98 Å². The predicted molar refractivity (Wildman–Crippen MR) is 81.0 cm³/mol. The van der Waals surface area contributed by atoms with Crippen LogP contribution >= 0.6 is 0 Å². The van der Waals surface area contributed by atoms with E-state index >= 15 is 0 Å². The summed E-state index contributed by atoms with van der Waals surface area (Å²) in [6.45, 7) is 1.32. The van der Waals surface area contributed by atoms with Crippen molar-refractivity contribution >= 4 is 11.7 Å². The Morgan fingerprint density at radius 3 is 3.04 bits per heavy atom. The summed E-state index contributed by atoms with van der Waals surface area (Å²) in [4.78, 5) is 20.3. The van der Waals surface area contributed by atoms with Crippen LogP contribution in [-0.4, -0.2) is 42.6 Å². The first kappa shape index (κ1) is 15.5. The lowest BCUT2D eigenvalue weighted by molar-refractivity contribution is -0.135. The van der Waals surface area contributed by atoms with Gasteiger partial charge < -0.3 is 19.0 Å². The Balaban J connectivity index is 1.82. The minimum absolute atomic E-state index is 0.331. The maximum atomic E-state index is 11.0. The molecule has 1 saturated heterocycles. The Hall–Kier alpha value is -2.41. The highest BCUT2D eigenvalue weighted by Crippen LogP contribution is 2.38. The lowest BCUT2D eigenvalue weighted by Crippen LogP contribution is -2.46. The second-order valence-electron chi connectivity index (χ2n) is 5.42. The van der Waals surface area contributed by atoms with E-state index in [1.54, 1.807) is 12.4 Å². The van der Waals surface area contributed by atoms with Gasteiger partial charge in [0.1, 0.15) is 17.6 Å². The van der Waals surface area contributed by atoms with Crippen LogP contribution in [0.4, 0.5) is 0 Å². The van der Waals surface area contributed by atoms with Crippen molar-refractivity contribution in [3.8, 4) is 5.75 Å². The molecule has 23 heavy (non-hydrogen) atoms. The molecule has 1 aromatic heterocycles. The zero-order valence-corrected chi connectivity index (χ0v) is 12.9. The molecule has 0 radical (unpaired) electrons. The molecule has 2 aliphatic heterocycles. The maximum absolute atomic E-state index is 11.0. The molecule has 0 aromatic carbocycles. The van der Waals surface area contributed by atoms with Crippen LogP contribution in [0.15, 0.2) is 36.0 Å². The Bertz CT molecular complexity index is 635. The summed E-state index contributed by atoms with van der Waals surface area (Å²) in [5.74, 6) is 0.197. The number of hydrogen-bond donors (Lipinski definition) is 0. The number of esters is 1. The lowest BCUT2D eigenvalue weighted by Gasteiger charge is -2.41. The van der Waals surface area contributed by atoms with E-state index < -0.39 is 5.97 Å². The minimum Gasteiger partial charge on any atom is -0.484 e. The average molecular weight is 318 g/mol. The largest absolute Gasteiger partial charge is 0.484 e. The first-order valence-electron chi connectivity index (χ1n) is 7.41. The van der Waals surface area contributed by atoms with Gasteiger partial charge >= 0.3 is 5.97 Å². The van der Waals surface area contributed by atoms with Gasteiger partial charge in [-0.2, -0.15) is 0 Å². The molecule has 0 unspecified atom stereocenters. The van der Waals surface area contributed by atoms with Crippen molar-refractivity contribution in [2.75, 3.05) is 20.3 Å². The summed E-state index contributed by atoms with van der Waals surface area (Å²) in [6, 6.07) is 1.84. The number of nitrogens with zero attached hydrogens (tertiary/aromatic N) is 2. The number of ether oxygens (including phenoxy) is 3. The van der Waals surface area contributed by atoms with Gasteiger partial charge in [0.05, 0.1) is 38.3 Å². The number of carbonyl (C=O) groups is 1. The van der Waals surface area contributed by atoms with Crippen molar-refractivity contribution in [3.63, 3.8) is 0 Å². The van der Waals surface area contributed by atoms with E-state index in [0.29, 0.717) is 25.4 Å². The second-order valence-corrected chi connectivity index (χ2v) is 5.42. The lowest BCUT2D eigenvalue weighted by atomic mass is 9.84. The average Bonchev–Trinajstić information content (AvgIpc) is 2.59. The van der Waals surface area contributed by atoms with Gasteiger partial charge in [-0.05, 0) is 6.07 Å². The smallest absolute Gasteiger partial charge is 0.333 e. The van der Waals surface area contributed by atoms with Gasteiger partial charge in [0, 0.05) is 31.0 Å². The van der Waals surface area contributed by atoms with Crippen molar-refractivity contribution in [2.24, 2.45) is 5.16 Å². The van der Waals surface area contributed by atoms with Crippen LogP contribution in [0.1, 0.15) is 24.8 Å². The molecule has 0 aliphatic carbocycles. The van der Waals surface area contributed by atoms with Crippen LogP contribution in [0.3, 0.4) is 0 Å². The minimum atomic E-state index is -0.498. The molecule has 1 fully saturated rings. The number of oxime groups is 1. The third kappa shape index (κ3) is 3.50. The molecule has 0 bridgehead atoms. The third-order valence-corrected chi connectivity index (χ3v) is 3.94. The van der Waals surface area contributed by atoms with Gasteiger partial charge in [0.15, 0.2) is 0 Å². The van der Waals surface area contributed by atoms with E-state index in [0.717, 1.165) is 24.1 Å². The molecule has 1 aromatic rings. The van der Waals surface area contributed by atoms with Crippen LogP contribution in [0.2, 0.25) is 0 Å². The Labute approximate surface area is 133 Å². The molecule has 7 heteroatoms. The Morgan fingerprint density at radius 1 is 1.43 bits per heavy atom. The zero-order valence-electron chi connectivity index (χ0n) is 12.9. The fourth-order valence-corrected chi connectivity index (χ4v) is 2.72. The zero-order chi connectivity index (χ0) is 16.1. The molecule has 0 saturated carbocycles. The highest BCUT2D eigenvalue weighted by Gasteiger charge is 2.41. The van der Waals surface area contributed by atoms with E-state index in [9.17, 15) is 4.79 Å². The number of pyridine rings is 1. The number of hydrogen-bond acceptors (Lipinski definition) is 7. The van der Waals surface area contributed by atoms with Crippen molar-refractivity contribution in [1.82, 2.24) is 4.98 Å². The van der Waals surface area contributed by atoms with Crippen molar-refractivity contribution < 1.29 is 23.8 Å². The number of methoxy groups -OCH3 is 1. The first-order chi connectivity index (χ1) is 11.2. The summed E-state index contributed by atoms with van der Waals surface area (Å²) in [5, 5.41) is 4.15. The molecule has 1 spiro atoms. The predicted octanol–water partition coefficient (Wildman–Crippen LogP) is 1.82. The van der Waals surface area contributed by atoms with Crippen LogP contribution in [-0.2, 0) is 19.1 Å². The van der Waals surface area contributed by atoms with Crippen LogP contribution in [0.5, 0.6) is 5.75 Å². The molecule has 0 atom stereocenters. The monoisotopic (exact) mass is 318 g/mol. The number of carbonyl (C=O) groups excluding carboxylic acids is 1. The van der Waals surface area contributed by atoms with Gasteiger partial charge in [-0.15, -0.1) is 0 Å². The molecule has 3 heterocycles. The van der Waals surface area contributed by atoms with Gasteiger partial charge in [0.2, 0.25) is 0 Å². The Kier molecular flexibility index (Phi) is 4.57. The van der Waals surface area contributed by atoms with Crippen molar-refractivity contribution in [1.29, 1.82) is 0 Å². The molecular weight excluding hydrogens is 300 g/mol. The third-order valence-electron chi connectivity index (χ3n) is 3.94. The highest BCUT2D eigenvalue weighted by atomic mass is 16.6. The van der Waals surface area contributed by atoms with E-state index in [-0.39, 0.29) is 5.60 Å². The molecule has 122 valence electrons. The van der Waals surface area contributed by atoms with E-state index in [1.807, 2.05) is 6.07 Å². The molecule has 3 rings (SSSR count). The van der Waals surface area contributed by atoms with E-state index in [1.165, 1.54) is 19.4 Å². The topological polar surface area (TPSA) is 79.2 Å². The van der Waals surface area contributed by atoms with E-state index in [4.69, 9.17) is 14.3 Å². The van der Waals surface area contributed by atoms with Gasteiger partial charge in [-0.1, -0.05) is 5.16 Å². The van der Waals surface area contributed by atoms with Gasteiger partial charge in [-0.25, -0.2) is 4.79 Å². The van der Waals surface area contributed by atoms with Crippen LogP contribution < -0.4 is 4.74 Å². The molecule has 2 aliphatic rings.